The van der Waals surface area contributed by atoms with Gasteiger partial charge in [-0.05, 0) is 22.9 Å². The Morgan fingerprint density at radius 3 is 3.00 bits per heavy atom. The van der Waals surface area contributed by atoms with Gasteiger partial charge >= 0.3 is 0 Å². The monoisotopic (exact) mass is 228 g/mol. The topological polar surface area (TPSA) is 44.6 Å². The average molecular weight is 229 g/mol. The summed E-state index contributed by atoms with van der Waals surface area (Å²) in [4.78, 5) is 3.99. The van der Waals surface area contributed by atoms with Crippen molar-refractivity contribution in [3.8, 4) is 0 Å². The van der Waals surface area contributed by atoms with Crippen LogP contribution in [0, 0.1) is 0 Å². The molecular weight excluding hydrogens is 220 g/mol. The molecule has 0 amide bonds. The number of aliphatic hydroxyl groups excluding tert-OH is 1. The van der Waals surface area contributed by atoms with E-state index in [1.165, 1.54) is 6.20 Å². The summed E-state index contributed by atoms with van der Waals surface area (Å²) < 4.78 is 0.811. The predicted octanol–water partition coefficient (Wildman–Crippen LogP) is 2.20. The molecule has 0 aliphatic carbocycles. The molecule has 0 unspecified atom stereocenters. The zero-order valence-electron chi connectivity index (χ0n) is 6.63. The van der Waals surface area contributed by atoms with Crippen molar-refractivity contribution in [2.45, 2.75) is 6.92 Å². The summed E-state index contributed by atoms with van der Waals surface area (Å²) in [6.07, 6.45) is 3.15. The molecule has 0 spiro atoms. The minimum Gasteiger partial charge on any atom is -0.510 e. The Morgan fingerprint density at radius 2 is 2.50 bits per heavy atom. The zero-order valence-corrected chi connectivity index (χ0v) is 8.22. The highest BCUT2D eigenvalue weighted by molar-refractivity contribution is 9.12. The lowest BCUT2D eigenvalue weighted by molar-refractivity contribution is 0.408. The summed E-state index contributed by atoms with van der Waals surface area (Å²) in [6, 6.07) is 0. The number of nitrogens with one attached hydrogen (secondary N) is 1. The lowest BCUT2D eigenvalue weighted by atomic mass is 10.3. The number of hydrogen-bond donors (Lipinski definition) is 2. The number of aliphatic imine (C=N–C) groups is 1. The standard InChI is InChI=1S/C8H9BrN2O/c1-3-10-8-6(9)4-11-7(8)5(2)12/h3-4,11-12H,1H2,2H3/b7-5-,10-8-. The molecule has 0 saturated heterocycles. The first kappa shape index (κ1) is 9.06. The molecule has 1 heterocycles. The predicted molar refractivity (Wildman–Crippen MR) is 53.1 cm³/mol. The first-order valence-electron chi connectivity index (χ1n) is 3.38. The third kappa shape index (κ3) is 1.58. The molecule has 4 heteroatoms. The normalized spacial score (nSPS) is 23.5. The minimum atomic E-state index is 0.210. The molecule has 0 bridgehead atoms. The molecule has 1 rings (SSSR count). The van der Waals surface area contributed by atoms with Crippen molar-refractivity contribution in [1.82, 2.24) is 5.32 Å². The fourth-order valence-electron chi connectivity index (χ4n) is 0.885. The summed E-state index contributed by atoms with van der Waals surface area (Å²) in [5, 5.41) is 12.1. The summed E-state index contributed by atoms with van der Waals surface area (Å²) in [5.41, 5.74) is 1.28. The summed E-state index contributed by atoms with van der Waals surface area (Å²) in [6.45, 7) is 5.08. The van der Waals surface area contributed by atoms with Gasteiger partial charge in [0.05, 0.1) is 4.48 Å². The van der Waals surface area contributed by atoms with Crippen molar-refractivity contribution in [3.05, 3.63) is 34.9 Å². The van der Waals surface area contributed by atoms with Crippen molar-refractivity contribution >= 4 is 21.6 Å². The Bertz CT molecular complexity index is 298. The lowest BCUT2D eigenvalue weighted by Gasteiger charge is -2.01. The van der Waals surface area contributed by atoms with Crippen LogP contribution in [0.5, 0.6) is 0 Å². The van der Waals surface area contributed by atoms with E-state index in [-0.39, 0.29) is 5.76 Å². The van der Waals surface area contributed by atoms with Crippen molar-refractivity contribution in [2.75, 3.05) is 0 Å². The first-order valence-corrected chi connectivity index (χ1v) is 4.17. The molecule has 3 nitrogen and oxygen atoms in total. The van der Waals surface area contributed by atoms with Gasteiger partial charge in [0.2, 0.25) is 0 Å². The van der Waals surface area contributed by atoms with Crippen LogP contribution in [0.4, 0.5) is 0 Å². The molecule has 0 radical (unpaired) electrons. The number of allylic oxidation sites excluding steroid dienone is 2. The van der Waals surface area contributed by atoms with E-state index >= 15 is 0 Å². The van der Waals surface area contributed by atoms with Crippen LogP contribution in [0.3, 0.4) is 0 Å². The molecule has 2 N–H and O–H groups in total. The molecule has 0 fully saturated rings. The van der Waals surface area contributed by atoms with Gasteiger partial charge in [0.25, 0.3) is 0 Å². The fourth-order valence-corrected chi connectivity index (χ4v) is 1.30. The van der Waals surface area contributed by atoms with E-state index in [1.54, 1.807) is 13.1 Å². The SMILES string of the molecule is C=C/N=C1/C(Br)=CN/C1=C(/C)O. The van der Waals surface area contributed by atoms with E-state index in [4.69, 9.17) is 0 Å². The van der Waals surface area contributed by atoms with Gasteiger partial charge in [-0.15, -0.1) is 0 Å². The molecule has 1 aliphatic rings. The molecule has 0 aromatic carbocycles. The summed E-state index contributed by atoms with van der Waals surface area (Å²) in [5.74, 6) is 0.210. The highest BCUT2D eigenvalue weighted by Crippen LogP contribution is 2.20. The van der Waals surface area contributed by atoms with Crippen molar-refractivity contribution in [1.29, 1.82) is 0 Å². The molecule has 12 heavy (non-hydrogen) atoms. The van der Waals surface area contributed by atoms with Crippen LogP contribution in [0.2, 0.25) is 0 Å². The Morgan fingerprint density at radius 1 is 1.83 bits per heavy atom. The van der Waals surface area contributed by atoms with Gasteiger partial charge in [-0.2, -0.15) is 0 Å². The Balaban J connectivity index is 3.09. The minimum absolute atomic E-state index is 0.210. The summed E-state index contributed by atoms with van der Waals surface area (Å²) >= 11 is 3.29. The van der Waals surface area contributed by atoms with Crippen LogP contribution < -0.4 is 5.32 Å². The largest absolute Gasteiger partial charge is 0.510 e. The number of halogens is 1. The van der Waals surface area contributed by atoms with Gasteiger partial charge in [0, 0.05) is 12.4 Å². The highest BCUT2D eigenvalue weighted by atomic mass is 79.9. The maximum atomic E-state index is 9.21. The van der Waals surface area contributed by atoms with E-state index in [2.05, 4.69) is 32.8 Å². The lowest BCUT2D eigenvalue weighted by Crippen LogP contribution is -2.09. The molecule has 0 saturated carbocycles. The molecule has 0 aromatic rings. The van der Waals surface area contributed by atoms with Crippen molar-refractivity contribution < 1.29 is 5.11 Å². The third-order valence-electron chi connectivity index (χ3n) is 1.39. The number of nitrogens with zero attached hydrogens (tertiary/aromatic N) is 1. The van der Waals surface area contributed by atoms with Gasteiger partial charge in [-0.1, -0.05) is 6.58 Å². The quantitative estimate of drug-likeness (QED) is 0.677. The average Bonchev–Trinajstić information content (AvgIpc) is 2.34. The molecule has 0 atom stereocenters. The Labute approximate surface area is 79.3 Å². The first-order chi connectivity index (χ1) is 5.66. The van der Waals surface area contributed by atoms with Crippen LogP contribution in [-0.4, -0.2) is 10.8 Å². The van der Waals surface area contributed by atoms with E-state index in [9.17, 15) is 5.11 Å². The van der Waals surface area contributed by atoms with E-state index in [1.807, 2.05) is 0 Å². The van der Waals surface area contributed by atoms with Crippen LogP contribution >= 0.6 is 15.9 Å². The third-order valence-corrected chi connectivity index (χ3v) is 1.99. The number of rotatable bonds is 1. The summed E-state index contributed by atoms with van der Waals surface area (Å²) in [7, 11) is 0. The van der Waals surface area contributed by atoms with Gasteiger partial charge in [0.15, 0.2) is 0 Å². The molecule has 1 aliphatic heterocycles. The van der Waals surface area contributed by atoms with E-state index in [0.29, 0.717) is 11.4 Å². The second-order valence-electron chi connectivity index (χ2n) is 2.26. The second-order valence-corrected chi connectivity index (χ2v) is 3.11. The van der Waals surface area contributed by atoms with Crippen LogP contribution in [-0.2, 0) is 0 Å². The highest BCUT2D eigenvalue weighted by Gasteiger charge is 2.18. The Kier molecular flexibility index (Phi) is 2.70. The second kappa shape index (κ2) is 3.58. The maximum absolute atomic E-state index is 9.21. The maximum Gasteiger partial charge on any atom is 0.115 e. The number of hydrogen-bond acceptors (Lipinski definition) is 3. The van der Waals surface area contributed by atoms with E-state index < -0.39 is 0 Å². The number of aliphatic hydroxyl groups is 1. The smallest absolute Gasteiger partial charge is 0.115 e. The molecule has 0 aromatic heterocycles. The van der Waals surface area contributed by atoms with Gasteiger partial charge in [-0.25, -0.2) is 0 Å². The van der Waals surface area contributed by atoms with Crippen LogP contribution in [0.15, 0.2) is 39.9 Å². The van der Waals surface area contributed by atoms with Gasteiger partial charge < -0.3 is 10.4 Å². The van der Waals surface area contributed by atoms with Crippen molar-refractivity contribution in [3.63, 3.8) is 0 Å². The van der Waals surface area contributed by atoms with Crippen molar-refractivity contribution in [2.24, 2.45) is 4.99 Å². The fraction of sp³-hybridized carbons (Fsp3) is 0.125. The van der Waals surface area contributed by atoms with Crippen LogP contribution in [0.1, 0.15) is 6.92 Å². The van der Waals surface area contributed by atoms with Gasteiger partial charge in [-0.3, -0.25) is 4.99 Å². The molecule has 64 valence electrons. The zero-order chi connectivity index (χ0) is 9.14. The molecular formula is C8H9BrN2O. The van der Waals surface area contributed by atoms with Gasteiger partial charge in [0.1, 0.15) is 17.2 Å². The Hall–Kier alpha value is -1.03. The van der Waals surface area contributed by atoms with E-state index in [0.717, 1.165) is 4.48 Å². The van der Waals surface area contributed by atoms with Crippen LogP contribution in [0.25, 0.3) is 0 Å².